The van der Waals surface area contributed by atoms with E-state index in [1.54, 1.807) is 19.1 Å². The Morgan fingerprint density at radius 2 is 1.64 bits per heavy atom. The van der Waals surface area contributed by atoms with Gasteiger partial charge in [0.25, 0.3) is 5.91 Å². The van der Waals surface area contributed by atoms with Gasteiger partial charge >= 0.3 is 0 Å². The van der Waals surface area contributed by atoms with E-state index in [1.165, 1.54) is 13.0 Å². The molecule has 1 aliphatic carbocycles. The number of amides is 1. The summed E-state index contributed by atoms with van der Waals surface area (Å²) in [6.07, 6.45) is 1.30. The first-order valence-electron chi connectivity index (χ1n) is 6.57. The molecule has 0 aliphatic heterocycles. The summed E-state index contributed by atoms with van der Waals surface area (Å²) in [6.45, 7) is 4.93. The summed E-state index contributed by atoms with van der Waals surface area (Å²) in [5.41, 5.74) is 1.62. The van der Waals surface area contributed by atoms with Crippen molar-refractivity contribution in [2.24, 2.45) is 4.99 Å². The Morgan fingerprint density at radius 3 is 2.18 bits per heavy atom. The smallest absolute Gasteiger partial charge is 0.277 e. The summed E-state index contributed by atoms with van der Waals surface area (Å²) in [4.78, 5) is 25.5. The Bertz CT molecular complexity index is 701. The number of halogens is 3. The van der Waals surface area contributed by atoms with Gasteiger partial charge in [-0.05, 0) is 39.0 Å². The molecule has 2 atom stereocenters. The summed E-state index contributed by atoms with van der Waals surface area (Å²) in [6, 6.07) is 6.97. The van der Waals surface area contributed by atoms with Crippen LogP contribution >= 0.6 is 34.8 Å². The maximum absolute atomic E-state index is 12.3. The van der Waals surface area contributed by atoms with Gasteiger partial charge in [0.05, 0.1) is 10.7 Å². The number of aliphatic imine (C=N–C) groups is 1. The van der Waals surface area contributed by atoms with Crippen molar-refractivity contribution >= 4 is 52.2 Å². The van der Waals surface area contributed by atoms with E-state index < -0.39 is 21.4 Å². The molecular formula is C16H14Cl3NO2. The molecular weight excluding hydrogens is 345 g/mol. The highest BCUT2D eigenvalue weighted by Crippen LogP contribution is 2.43. The molecule has 0 heterocycles. The lowest BCUT2D eigenvalue weighted by atomic mass is 9.81. The van der Waals surface area contributed by atoms with Crippen molar-refractivity contribution in [3.8, 4) is 0 Å². The highest BCUT2D eigenvalue weighted by molar-refractivity contribution is 6.59. The number of alkyl halides is 2. The average Bonchev–Trinajstić information content (AvgIpc) is 2.44. The molecule has 0 aromatic heterocycles. The first-order valence-corrected chi connectivity index (χ1v) is 7.71. The molecule has 0 spiro atoms. The van der Waals surface area contributed by atoms with E-state index in [2.05, 4.69) is 4.99 Å². The minimum atomic E-state index is -1.48. The topological polar surface area (TPSA) is 46.5 Å². The van der Waals surface area contributed by atoms with Gasteiger partial charge < -0.3 is 0 Å². The molecule has 2 unspecified atom stereocenters. The van der Waals surface area contributed by atoms with Gasteiger partial charge in [0.15, 0.2) is 5.78 Å². The number of benzene rings is 1. The van der Waals surface area contributed by atoms with Crippen LogP contribution < -0.4 is 0 Å². The van der Waals surface area contributed by atoms with E-state index in [0.29, 0.717) is 5.56 Å². The van der Waals surface area contributed by atoms with E-state index in [4.69, 9.17) is 34.8 Å². The Balaban J connectivity index is 2.48. The fourth-order valence-electron chi connectivity index (χ4n) is 2.01. The molecule has 22 heavy (non-hydrogen) atoms. The molecule has 0 radical (unpaired) electrons. The van der Waals surface area contributed by atoms with Crippen molar-refractivity contribution in [3.63, 3.8) is 0 Å². The van der Waals surface area contributed by atoms with Gasteiger partial charge in [-0.15, -0.1) is 23.2 Å². The van der Waals surface area contributed by atoms with Crippen molar-refractivity contribution in [3.05, 3.63) is 46.5 Å². The first kappa shape index (κ1) is 17.2. The van der Waals surface area contributed by atoms with E-state index >= 15 is 0 Å². The Kier molecular flexibility index (Phi) is 4.54. The molecule has 0 bridgehead atoms. The zero-order chi connectivity index (χ0) is 16.7. The van der Waals surface area contributed by atoms with Crippen LogP contribution in [0, 0.1) is 6.92 Å². The zero-order valence-corrected chi connectivity index (χ0v) is 14.6. The Labute approximate surface area is 144 Å². The number of allylic oxidation sites excluding steroid dienone is 2. The largest absolute Gasteiger partial charge is 0.291 e. The predicted molar refractivity (Wildman–Crippen MR) is 90.4 cm³/mol. The van der Waals surface area contributed by atoms with Crippen molar-refractivity contribution in [1.82, 2.24) is 0 Å². The first-order chi connectivity index (χ1) is 10.1. The number of hydrogen-bond donors (Lipinski definition) is 0. The Hall–Kier alpha value is -1.16. The molecule has 2 rings (SSSR count). The molecule has 1 aromatic carbocycles. The molecule has 0 saturated heterocycles. The van der Waals surface area contributed by atoms with Crippen LogP contribution in [-0.2, 0) is 4.79 Å². The number of aryl methyl sites for hydroxylation is 1. The summed E-state index contributed by atoms with van der Waals surface area (Å²) < 4.78 is 0. The highest BCUT2D eigenvalue weighted by atomic mass is 35.5. The minimum Gasteiger partial charge on any atom is -0.291 e. The predicted octanol–water partition coefficient (Wildman–Crippen LogP) is 4.28. The quantitative estimate of drug-likeness (QED) is 0.704. The number of carbonyl (C=O) groups is 2. The van der Waals surface area contributed by atoms with E-state index in [-0.39, 0.29) is 10.7 Å². The maximum Gasteiger partial charge on any atom is 0.277 e. The van der Waals surface area contributed by atoms with Gasteiger partial charge in [-0.2, -0.15) is 0 Å². The van der Waals surface area contributed by atoms with Crippen LogP contribution in [0.4, 0.5) is 0 Å². The van der Waals surface area contributed by atoms with Crippen LogP contribution in [-0.4, -0.2) is 27.2 Å². The van der Waals surface area contributed by atoms with Crippen molar-refractivity contribution in [2.75, 3.05) is 0 Å². The van der Waals surface area contributed by atoms with Gasteiger partial charge in [0, 0.05) is 5.56 Å². The van der Waals surface area contributed by atoms with Crippen molar-refractivity contribution < 1.29 is 9.59 Å². The molecule has 1 aromatic rings. The van der Waals surface area contributed by atoms with E-state index in [0.717, 1.165) is 5.56 Å². The number of rotatable bonds is 1. The maximum atomic E-state index is 12.3. The standard InChI is InChI=1S/C16H14Cl3NO2/c1-9-4-6-10(7-5-9)14(22)20-12-8-11(17)13(21)16(3,19)15(12,2)18/h4-8H,1-3H3. The normalized spacial score (nSPS) is 30.4. The van der Waals surface area contributed by atoms with Crippen LogP contribution in [0.15, 0.2) is 40.4 Å². The number of carbonyl (C=O) groups excluding carboxylic acids is 2. The van der Waals surface area contributed by atoms with Gasteiger partial charge in [0.1, 0.15) is 9.75 Å². The van der Waals surface area contributed by atoms with Gasteiger partial charge in [0.2, 0.25) is 0 Å². The van der Waals surface area contributed by atoms with Crippen molar-refractivity contribution in [2.45, 2.75) is 30.5 Å². The van der Waals surface area contributed by atoms with Gasteiger partial charge in [-0.25, -0.2) is 4.99 Å². The molecule has 0 saturated carbocycles. The highest BCUT2D eigenvalue weighted by Gasteiger charge is 2.54. The third-order valence-corrected chi connectivity index (χ3v) is 5.29. The lowest BCUT2D eigenvalue weighted by Gasteiger charge is -2.38. The summed E-state index contributed by atoms with van der Waals surface area (Å²) >= 11 is 18.6. The molecule has 0 fully saturated rings. The number of nitrogens with zero attached hydrogens (tertiary/aromatic N) is 1. The van der Waals surface area contributed by atoms with Crippen LogP contribution in [0.3, 0.4) is 0 Å². The zero-order valence-electron chi connectivity index (χ0n) is 12.3. The van der Waals surface area contributed by atoms with Crippen LogP contribution in [0.1, 0.15) is 29.8 Å². The average molecular weight is 359 g/mol. The third kappa shape index (κ3) is 2.85. The summed E-state index contributed by atoms with van der Waals surface area (Å²) in [5.74, 6) is -0.959. The Morgan fingerprint density at radius 1 is 1.09 bits per heavy atom. The van der Waals surface area contributed by atoms with Crippen LogP contribution in [0.5, 0.6) is 0 Å². The molecule has 0 N–H and O–H groups in total. The van der Waals surface area contributed by atoms with Crippen molar-refractivity contribution in [1.29, 1.82) is 0 Å². The minimum absolute atomic E-state index is 0.0916. The molecule has 6 heteroatoms. The van der Waals surface area contributed by atoms with Gasteiger partial charge in [-0.3, -0.25) is 9.59 Å². The SMILES string of the molecule is Cc1ccc(C(=O)N=C2C=C(Cl)C(=O)C(C)(Cl)C2(C)Cl)cc1. The monoisotopic (exact) mass is 357 g/mol. The molecule has 1 amide bonds. The molecule has 116 valence electrons. The van der Waals surface area contributed by atoms with E-state index in [1.807, 2.05) is 19.1 Å². The fraction of sp³-hybridized carbons (Fsp3) is 0.312. The fourth-order valence-corrected chi connectivity index (χ4v) is 2.73. The van der Waals surface area contributed by atoms with E-state index in [9.17, 15) is 9.59 Å². The summed E-state index contributed by atoms with van der Waals surface area (Å²) in [5, 5.41) is -0.0916. The third-order valence-electron chi connectivity index (χ3n) is 3.79. The molecule has 1 aliphatic rings. The number of Topliss-reactive ketones (excluding diaryl/α,β-unsaturated/α-hetero) is 1. The second-order valence-corrected chi connectivity index (χ2v) is 7.41. The molecule has 3 nitrogen and oxygen atoms in total. The van der Waals surface area contributed by atoms with Gasteiger partial charge in [-0.1, -0.05) is 29.3 Å². The number of ketones is 1. The second kappa shape index (κ2) is 5.80. The second-order valence-electron chi connectivity index (χ2n) is 5.50. The van der Waals surface area contributed by atoms with Crippen LogP contribution in [0.2, 0.25) is 0 Å². The number of hydrogen-bond acceptors (Lipinski definition) is 2. The van der Waals surface area contributed by atoms with Crippen LogP contribution in [0.25, 0.3) is 0 Å². The summed E-state index contributed by atoms with van der Waals surface area (Å²) in [7, 11) is 0. The lowest BCUT2D eigenvalue weighted by Crippen LogP contribution is -2.55. The lowest BCUT2D eigenvalue weighted by molar-refractivity contribution is -0.117.